The van der Waals surface area contributed by atoms with Gasteiger partial charge in [-0.3, -0.25) is 9.69 Å². The van der Waals surface area contributed by atoms with Crippen LogP contribution >= 0.6 is 11.8 Å². The molecule has 0 aromatic heterocycles. The van der Waals surface area contributed by atoms with E-state index in [4.69, 9.17) is 9.84 Å². The van der Waals surface area contributed by atoms with Crippen molar-refractivity contribution in [1.29, 1.82) is 0 Å². The lowest BCUT2D eigenvalue weighted by molar-refractivity contribution is -0.128. The maximum Gasteiger partial charge on any atom is 0.232 e. The highest BCUT2D eigenvalue weighted by Crippen LogP contribution is 2.07. The van der Waals surface area contributed by atoms with Gasteiger partial charge in [0.2, 0.25) is 5.91 Å². The molecule has 0 aromatic rings. The Morgan fingerprint density at radius 2 is 2.17 bits per heavy atom. The van der Waals surface area contributed by atoms with Gasteiger partial charge in [0.25, 0.3) is 0 Å². The highest BCUT2D eigenvalue weighted by atomic mass is 32.2. The van der Waals surface area contributed by atoms with Gasteiger partial charge in [-0.1, -0.05) is 0 Å². The predicted octanol–water partition coefficient (Wildman–Crippen LogP) is -0.107. The summed E-state index contributed by atoms with van der Waals surface area (Å²) in [5.41, 5.74) is 0. The monoisotopic (exact) mass is 276 g/mol. The summed E-state index contributed by atoms with van der Waals surface area (Å²) in [7, 11) is 1.67. The standard InChI is InChI=1S/C12H24N2O3S/c1-17-9-10-18-11-12(16)14-4-2-3-13(5-6-14)7-8-15/h15H,2-11H2,1H3. The zero-order valence-corrected chi connectivity index (χ0v) is 12.0. The lowest BCUT2D eigenvalue weighted by atomic mass is 10.4. The van der Waals surface area contributed by atoms with E-state index < -0.39 is 0 Å². The normalized spacial score (nSPS) is 17.8. The van der Waals surface area contributed by atoms with E-state index in [2.05, 4.69) is 4.90 Å². The molecule has 0 bridgehead atoms. The van der Waals surface area contributed by atoms with E-state index in [0.29, 0.717) is 18.9 Å². The molecular formula is C12H24N2O3S. The van der Waals surface area contributed by atoms with E-state index in [-0.39, 0.29) is 12.5 Å². The molecule has 1 N–H and O–H groups in total. The molecule has 1 heterocycles. The van der Waals surface area contributed by atoms with Gasteiger partial charge in [0.15, 0.2) is 0 Å². The second kappa shape index (κ2) is 9.61. The number of hydrogen-bond acceptors (Lipinski definition) is 5. The van der Waals surface area contributed by atoms with Gasteiger partial charge in [-0.25, -0.2) is 0 Å². The second-order valence-electron chi connectivity index (χ2n) is 4.34. The zero-order chi connectivity index (χ0) is 13.2. The lowest BCUT2D eigenvalue weighted by Gasteiger charge is -2.21. The topological polar surface area (TPSA) is 53.0 Å². The van der Waals surface area contributed by atoms with Crippen molar-refractivity contribution < 1.29 is 14.6 Å². The number of β-amino-alcohol motifs (C(OH)–C–C–N with tert-alkyl or cyclic N) is 1. The minimum atomic E-state index is 0.195. The van der Waals surface area contributed by atoms with E-state index in [1.165, 1.54) is 0 Å². The van der Waals surface area contributed by atoms with Gasteiger partial charge in [0, 0.05) is 39.0 Å². The van der Waals surface area contributed by atoms with Crippen molar-refractivity contribution >= 4 is 17.7 Å². The van der Waals surface area contributed by atoms with Gasteiger partial charge in [-0.2, -0.15) is 0 Å². The first-order valence-corrected chi connectivity index (χ1v) is 7.61. The summed E-state index contributed by atoms with van der Waals surface area (Å²) >= 11 is 1.63. The van der Waals surface area contributed by atoms with Crippen molar-refractivity contribution in [2.45, 2.75) is 6.42 Å². The maximum absolute atomic E-state index is 12.0. The van der Waals surface area contributed by atoms with Crippen LogP contribution in [-0.4, -0.2) is 85.4 Å². The van der Waals surface area contributed by atoms with Crippen LogP contribution in [-0.2, 0) is 9.53 Å². The molecule has 18 heavy (non-hydrogen) atoms. The third-order valence-corrected chi connectivity index (χ3v) is 3.92. The highest BCUT2D eigenvalue weighted by Gasteiger charge is 2.18. The van der Waals surface area contributed by atoms with Gasteiger partial charge < -0.3 is 14.7 Å². The molecule has 5 nitrogen and oxygen atoms in total. The minimum Gasteiger partial charge on any atom is -0.395 e. The summed E-state index contributed by atoms with van der Waals surface area (Å²) in [6, 6.07) is 0. The maximum atomic E-state index is 12.0. The molecule has 6 heteroatoms. The van der Waals surface area contributed by atoms with Crippen molar-refractivity contribution in [1.82, 2.24) is 9.80 Å². The third kappa shape index (κ3) is 6.04. The molecule has 1 amide bonds. The first kappa shape index (κ1) is 15.8. The Hall–Kier alpha value is -0.300. The number of amides is 1. The highest BCUT2D eigenvalue weighted by molar-refractivity contribution is 7.99. The molecule has 1 saturated heterocycles. The number of carbonyl (C=O) groups is 1. The summed E-state index contributed by atoms with van der Waals surface area (Å²) in [6.07, 6.45) is 0.995. The molecule has 0 atom stereocenters. The number of rotatable bonds is 7. The summed E-state index contributed by atoms with van der Waals surface area (Å²) in [6.45, 7) is 5.07. The van der Waals surface area contributed by atoms with E-state index in [9.17, 15) is 4.79 Å². The van der Waals surface area contributed by atoms with Gasteiger partial charge >= 0.3 is 0 Å². The molecule has 0 radical (unpaired) electrons. The lowest BCUT2D eigenvalue weighted by Crippen LogP contribution is -2.36. The Kier molecular flexibility index (Phi) is 8.41. The summed E-state index contributed by atoms with van der Waals surface area (Å²) < 4.78 is 4.95. The first-order valence-electron chi connectivity index (χ1n) is 6.45. The molecule has 1 fully saturated rings. The van der Waals surface area contributed by atoms with Gasteiger partial charge in [0.1, 0.15) is 0 Å². The Bertz CT molecular complexity index is 241. The van der Waals surface area contributed by atoms with Crippen LogP contribution in [0.2, 0.25) is 0 Å². The van der Waals surface area contributed by atoms with Crippen molar-refractivity contribution in [2.24, 2.45) is 0 Å². The molecule has 0 aliphatic carbocycles. The van der Waals surface area contributed by atoms with E-state index in [0.717, 1.165) is 38.4 Å². The van der Waals surface area contributed by atoms with Crippen molar-refractivity contribution in [2.75, 3.05) is 64.6 Å². The number of aliphatic hydroxyl groups is 1. The number of carbonyl (C=O) groups excluding carboxylic acids is 1. The fourth-order valence-electron chi connectivity index (χ4n) is 1.98. The Labute approximate surface area is 113 Å². The van der Waals surface area contributed by atoms with Gasteiger partial charge in [-0.15, -0.1) is 11.8 Å². The third-order valence-electron chi connectivity index (χ3n) is 3.01. The molecule has 0 saturated carbocycles. The molecule has 1 rings (SSSR count). The van der Waals surface area contributed by atoms with Crippen molar-refractivity contribution in [3.63, 3.8) is 0 Å². The number of thioether (sulfide) groups is 1. The van der Waals surface area contributed by atoms with Crippen LogP contribution in [0.1, 0.15) is 6.42 Å². The minimum absolute atomic E-state index is 0.195. The number of ether oxygens (including phenoxy) is 1. The van der Waals surface area contributed by atoms with Crippen molar-refractivity contribution in [3.05, 3.63) is 0 Å². The molecule has 0 spiro atoms. The number of nitrogens with zero attached hydrogens (tertiary/aromatic N) is 2. The quantitative estimate of drug-likeness (QED) is 0.658. The largest absolute Gasteiger partial charge is 0.395 e. The fraction of sp³-hybridized carbons (Fsp3) is 0.917. The van der Waals surface area contributed by atoms with Crippen LogP contribution in [0.5, 0.6) is 0 Å². The first-order chi connectivity index (χ1) is 8.77. The van der Waals surface area contributed by atoms with Gasteiger partial charge in [-0.05, 0) is 13.0 Å². The smallest absolute Gasteiger partial charge is 0.232 e. The molecule has 0 unspecified atom stereocenters. The number of aliphatic hydroxyl groups excluding tert-OH is 1. The molecule has 106 valence electrons. The zero-order valence-electron chi connectivity index (χ0n) is 11.1. The second-order valence-corrected chi connectivity index (χ2v) is 5.45. The summed E-state index contributed by atoms with van der Waals surface area (Å²) in [5, 5.41) is 8.91. The van der Waals surface area contributed by atoms with Gasteiger partial charge in [0.05, 0.1) is 19.0 Å². The van der Waals surface area contributed by atoms with E-state index in [1.807, 2.05) is 4.90 Å². The molecule has 1 aliphatic heterocycles. The Morgan fingerprint density at radius 3 is 2.89 bits per heavy atom. The van der Waals surface area contributed by atoms with Crippen LogP contribution in [0.3, 0.4) is 0 Å². The van der Waals surface area contributed by atoms with E-state index >= 15 is 0 Å². The fourth-order valence-corrected chi connectivity index (χ4v) is 2.76. The number of hydrogen-bond donors (Lipinski definition) is 1. The average molecular weight is 276 g/mol. The van der Waals surface area contributed by atoms with Crippen LogP contribution in [0.15, 0.2) is 0 Å². The van der Waals surface area contributed by atoms with E-state index in [1.54, 1.807) is 18.9 Å². The SMILES string of the molecule is COCCSCC(=O)N1CCCN(CCO)CC1. The summed E-state index contributed by atoms with van der Waals surface area (Å²) in [4.78, 5) is 16.1. The van der Waals surface area contributed by atoms with Crippen molar-refractivity contribution in [3.8, 4) is 0 Å². The summed E-state index contributed by atoms with van der Waals surface area (Å²) in [5.74, 6) is 1.64. The van der Waals surface area contributed by atoms with Crippen LogP contribution in [0.25, 0.3) is 0 Å². The Morgan fingerprint density at radius 1 is 1.33 bits per heavy atom. The Balaban J connectivity index is 2.22. The van der Waals surface area contributed by atoms with Crippen LogP contribution < -0.4 is 0 Å². The van der Waals surface area contributed by atoms with Crippen LogP contribution in [0.4, 0.5) is 0 Å². The average Bonchev–Trinajstić information content (AvgIpc) is 2.61. The molecule has 0 aromatic carbocycles. The molecular weight excluding hydrogens is 252 g/mol. The molecule has 1 aliphatic rings. The number of methoxy groups -OCH3 is 1. The van der Waals surface area contributed by atoms with Crippen LogP contribution in [0, 0.1) is 0 Å². The predicted molar refractivity (Wildman–Crippen MR) is 73.9 cm³/mol.